The average Bonchev–Trinajstić information content (AvgIpc) is 2.08. The molecule has 0 aliphatic heterocycles. The molecule has 0 aliphatic rings. The first-order chi connectivity index (χ1) is 6.02. The normalized spacial score (nSPS) is 12.5. The fraction of sp³-hybridized carbons (Fsp3) is 0.333. The van der Waals surface area contributed by atoms with Crippen LogP contribution in [0.15, 0.2) is 17.1 Å². The van der Waals surface area contributed by atoms with Crippen molar-refractivity contribution in [1.29, 1.82) is 0 Å². The zero-order valence-electron chi connectivity index (χ0n) is 7.63. The van der Waals surface area contributed by atoms with E-state index in [1.165, 1.54) is 13.1 Å². The fourth-order valence-corrected chi connectivity index (χ4v) is 1.03. The molecule has 1 rings (SSSR count). The quantitative estimate of drug-likeness (QED) is 0.686. The van der Waals surface area contributed by atoms with Crippen molar-refractivity contribution in [1.82, 2.24) is 4.98 Å². The number of H-pyrrole nitrogens is 1. The number of ketones is 1. The smallest absolute Gasteiger partial charge is 0.250 e. The number of rotatable bonds is 2. The highest BCUT2D eigenvalue weighted by Gasteiger charge is 2.11. The topological polar surface area (TPSA) is 76.0 Å². The third-order valence-electron chi connectivity index (χ3n) is 1.91. The summed E-state index contributed by atoms with van der Waals surface area (Å²) in [5.74, 6) is -0.119. The Labute approximate surface area is 75.8 Å². The standard InChI is InChI=1S/C9H12N2O2/c1-5-3-7(4-11-9(5)13)8(10)6(2)12/h3-4,8H,10H2,1-2H3,(H,11,13). The maximum absolute atomic E-state index is 11.0. The molecule has 3 N–H and O–H groups in total. The van der Waals surface area contributed by atoms with Gasteiger partial charge in [-0.25, -0.2) is 0 Å². The first-order valence-corrected chi connectivity index (χ1v) is 3.97. The van der Waals surface area contributed by atoms with E-state index in [0.29, 0.717) is 11.1 Å². The van der Waals surface area contributed by atoms with E-state index in [2.05, 4.69) is 4.98 Å². The van der Waals surface area contributed by atoms with Crippen molar-refractivity contribution in [3.8, 4) is 0 Å². The first-order valence-electron chi connectivity index (χ1n) is 3.97. The lowest BCUT2D eigenvalue weighted by molar-refractivity contribution is -0.118. The van der Waals surface area contributed by atoms with Crippen LogP contribution in [0.4, 0.5) is 0 Å². The summed E-state index contributed by atoms with van der Waals surface area (Å²) in [5.41, 5.74) is 6.64. The molecule has 1 unspecified atom stereocenters. The minimum absolute atomic E-state index is 0.119. The van der Waals surface area contributed by atoms with Crippen molar-refractivity contribution in [2.75, 3.05) is 0 Å². The van der Waals surface area contributed by atoms with Crippen molar-refractivity contribution < 1.29 is 4.79 Å². The lowest BCUT2D eigenvalue weighted by atomic mass is 10.1. The lowest BCUT2D eigenvalue weighted by Gasteiger charge is -2.07. The maximum Gasteiger partial charge on any atom is 0.250 e. The molecule has 0 radical (unpaired) electrons. The Balaban J connectivity index is 3.11. The molecule has 70 valence electrons. The van der Waals surface area contributed by atoms with Gasteiger partial charge in [-0.15, -0.1) is 0 Å². The SMILES string of the molecule is CC(=O)C(N)c1c[nH]c(=O)c(C)c1. The summed E-state index contributed by atoms with van der Waals surface area (Å²) < 4.78 is 0. The van der Waals surface area contributed by atoms with Gasteiger partial charge in [-0.05, 0) is 25.5 Å². The second kappa shape index (κ2) is 3.53. The van der Waals surface area contributed by atoms with Crippen LogP contribution in [0, 0.1) is 6.92 Å². The molecular weight excluding hydrogens is 168 g/mol. The minimum Gasteiger partial charge on any atom is -0.329 e. The molecule has 0 aromatic carbocycles. The zero-order valence-corrected chi connectivity index (χ0v) is 7.63. The van der Waals surface area contributed by atoms with Crippen LogP contribution < -0.4 is 11.3 Å². The fourth-order valence-electron chi connectivity index (χ4n) is 1.03. The van der Waals surface area contributed by atoms with Crippen LogP contribution in [0.3, 0.4) is 0 Å². The maximum atomic E-state index is 11.0. The monoisotopic (exact) mass is 180 g/mol. The highest BCUT2D eigenvalue weighted by molar-refractivity contribution is 5.82. The molecule has 4 nitrogen and oxygen atoms in total. The van der Waals surface area contributed by atoms with Gasteiger partial charge in [0, 0.05) is 11.8 Å². The van der Waals surface area contributed by atoms with E-state index in [0.717, 1.165) is 0 Å². The summed E-state index contributed by atoms with van der Waals surface area (Å²) in [5, 5.41) is 0. The lowest BCUT2D eigenvalue weighted by Crippen LogP contribution is -2.21. The van der Waals surface area contributed by atoms with Gasteiger partial charge in [0.25, 0.3) is 5.56 Å². The Morgan fingerprint density at radius 2 is 2.23 bits per heavy atom. The molecule has 1 atom stereocenters. The highest BCUT2D eigenvalue weighted by atomic mass is 16.1. The summed E-state index contributed by atoms with van der Waals surface area (Å²) >= 11 is 0. The molecule has 1 aromatic heterocycles. The van der Waals surface area contributed by atoms with Crippen molar-refractivity contribution in [3.63, 3.8) is 0 Å². The molecular formula is C9H12N2O2. The molecule has 1 aromatic rings. The summed E-state index contributed by atoms with van der Waals surface area (Å²) in [6.45, 7) is 3.10. The third-order valence-corrected chi connectivity index (χ3v) is 1.91. The number of pyridine rings is 1. The van der Waals surface area contributed by atoms with E-state index in [4.69, 9.17) is 5.73 Å². The number of nitrogens with one attached hydrogen (secondary N) is 1. The van der Waals surface area contributed by atoms with Gasteiger partial charge >= 0.3 is 0 Å². The summed E-state index contributed by atoms with van der Waals surface area (Å²) in [6, 6.07) is 0.987. The molecule has 0 amide bonds. The number of nitrogens with two attached hydrogens (primary N) is 1. The summed E-state index contributed by atoms with van der Waals surface area (Å²) in [7, 11) is 0. The molecule has 13 heavy (non-hydrogen) atoms. The minimum atomic E-state index is -0.643. The number of carbonyl (C=O) groups is 1. The number of aromatic nitrogens is 1. The van der Waals surface area contributed by atoms with Crippen molar-refractivity contribution in [2.45, 2.75) is 19.9 Å². The molecule has 0 spiro atoms. The van der Waals surface area contributed by atoms with Crippen LogP contribution in [-0.2, 0) is 4.79 Å². The van der Waals surface area contributed by atoms with E-state index < -0.39 is 6.04 Å². The van der Waals surface area contributed by atoms with Crippen LogP contribution >= 0.6 is 0 Å². The van der Waals surface area contributed by atoms with E-state index in [-0.39, 0.29) is 11.3 Å². The number of aryl methyl sites for hydroxylation is 1. The molecule has 0 fully saturated rings. The van der Waals surface area contributed by atoms with Gasteiger partial charge in [0.2, 0.25) is 0 Å². The van der Waals surface area contributed by atoms with Crippen molar-refractivity contribution in [3.05, 3.63) is 33.7 Å². The van der Waals surface area contributed by atoms with Gasteiger partial charge in [0.05, 0.1) is 6.04 Å². The van der Waals surface area contributed by atoms with Gasteiger partial charge in [0.1, 0.15) is 0 Å². The highest BCUT2D eigenvalue weighted by Crippen LogP contribution is 2.08. The van der Waals surface area contributed by atoms with Crippen LogP contribution in [0.25, 0.3) is 0 Å². The number of hydrogen-bond acceptors (Lipinski definition) is 3. The summed E-state index contributed by atoms with van der Waals surface area (Å²) in [6.07, 6.45) is 1.47. The van der Waals surface area contributed by atoms with Crippen LogP contribution in [-0.4, -0.2) is 10.8 Å². The van der Waals surface area contributed by atoms with E-state index in [1.54, 1.807) is 13.0 Å². The van der Waals surface area contributed by atoms with Gasteiger partial charge in [-0.3, -0.25) is 9.59 Å². The van der Waals surface area contributed by atoms with Gasteiger partial charge in [-0.2, -0.15) is 0 Å². The molecule has 0 saturated carbocycles. The van der Waals surface area contributed by atoms with E-state index in [9.17, 15) is 9.59 Å². The molecule has 0 aliphatic carbocycles. The van der Waals surface area contributed by atoms with Crippen LogP contribution in [0.1, 0.15) is 24.1 Å². The van der Waals surface area contributed by atoms with E-state index >= 15 is 0 Å². The molecule has 4 heteroatoms. The predicted molar refractivity (Wildman–Crippen MR) is 49.4 cm³/mol. The Hall–Kier alpha value is -1.42. The Kier molecular flexibility index (Phi) is 2.63. The second-order valence-corrected chi connectivity index (χ2v) is 3.03. The number of carbonyl (C=O) groups excluding carboxylic acids is 1. The predicted octanol–water partition coefficient (Wildman–Crippen LogP) is 0.272. The zero-order chi connectivity index (χ0) is 10.0. The molecule has 1 heterocycles. The Bertz CT molecular complexity index is 381. The van der Waals surface area contributed by atoms with Crippen LogP contribution in [0.2, 0.25) is 0 Å². The molecule has 0 bridgehead atoms. The number of hydrogen-bond donors (Lipinski definition) is 2. The summed E-state index contributed by atoms with van der Waals surface area (Å²) in [4.78, 5) is 24.4. The van der Waals surface area contributed by atoms with E-state index in [1.807, 2.05) is 0 Å². The van der Waals surface area contributed by atoms with Gasteiger partial charge in [0.15, 0.2) is 5.78 Å². The van der Waals surface area contributed by atoms with Crippen molar-refractivity contribution in [2.24, 2.45) is 5.73 Å². The first kappa shape index (κ1) is 9.67. The Morgan fingerprint density at radius 3 is 2.69 bits per heavy atom. The number of aromatic amines is 1. The average molecular weight is 180 g/mol. The Morgan fingerprint density at radius 1 is 1.62 bits per heavy atom. The van der Waals surface area contributed by atoms with Crippen LogP contribution in [0.5, 0.6) is 0 Å². The van der Waals surface area contributed by atoms with Gasteiger partial charge in [-0.1, -0.05) is 0 Å². The largest absolute Gasteiger partial charge is 0.329 e. The second-order valence-electron chi connectivity index (χ2n) is 3.03. The third kappa shape index (κ3) is 2.03. The molecule has 0 saturated heterocycles. The van der Waals surface area contributed by atoms with Crippen molar-refractivity contribution >= 4 is 5.78 Å². The number of Topliss-reactive ketones (excluding diaryl/α,β-unsaturated/α-hetero) is 1. The van der Waals surface area contributed by atoms with Gasteiger partial charge < -0.3 is 10.7 Å².